The van der Waals surface area contributed by atoms with Crippen molar-refractivity contribution in [1.29, 1.82) is 0 Å². The Morgan fingerprint density at radius 1 is 0.875 bits per heavy atom. The third-order valence-corrected chi connectivity index (χ3v) is 3.21. The van der Waals surface area contributed by atoms with E-state index in [9.17, 15) is 14.4 Å². The second kappa shape index (κ2) is 8.47. The number of esters is 2. The molecule has 0 heterocycles. The first kappa shape index (κ1) is 17.2. The van der Waals surface area contributed by atoms with E-state index in [4.69, 9.17) is 4.74 Å². The summed E-state index contributed by atoms with van der Waals surface area (Å²) in [6.45, 7) is -0.0862. The Morgan fingerprint density at radius 3 is 2.12 bits per heavy atom. The van der Waals surface area contributed by atoms with Crippen molar-refractivity contribution < 1.29 is 23.9 Å². The maximum Gasteiger partial charge on any atom is 0.338 e. The number of nitrogens with one attached hydrogen (secondary N) is 1. The lowest BCUT2D eigenvalue weighted by Crippen LogP contribution is -2.28. The molecule has 0 saturated heterocycles. The molecular weight excluding hydrogens is 310 g/mol. The van der Waals surface area contributed by atoms with Gasteiger partial charge in [0.1, 0.15) is 0 Å². The fraction of sp³-hybridized carbons (Fsp3) is 0.167. The van der Waals surface area contributed by atoms with Crippen molar-refractivity contribution in [3.8, 4) is 0 Å². The minimum Gasteiger partial charge on any atom is -0.465 e. The lowest BCUT2D eigenvalue weighted by molar-refractivity contribution is -0.124. The van der Waals surface area contributed by atoms with Gasteiger partial charge in [0, 0.05) is 6.54 Å². The normalized spacial score (nSPS) is 9.88. The van der Waals surface area contributed by atoms with Gasteiger partial charge in [-0.1, -0.05) is 30.3 Å². The summed E-state index contributed by atoms with van der Waals surface area (Å²) in [6, 6.07) is 15.1. The number of ether oxygens (including phenoxy) is 2. The highest BCUT2D eigenvalue weighted by Crippen LogP contribution is 2.05. The van der Waals surface area contributed by atoms with Gasteiger partial charge in [0.15, 0.2) is 6.61 Å². The molecule has 0 aromatic heterocycles. The van der Waals surface area contributed by atoms with Gasteiger partial charge in [0.25, 0.3) is 5.91 Å². The van der Waals surface area contributed by atoms with Crippen LogP contribution in [-0.2, 0) is 20.8 Å². The Kier molecular flexibility index (Phi) is 6.08. The molecule has 24 heavy (non-hydrogen) atoms. The largest absolute Gasteiger partial charge is 0.465 e. The lowest BCUT2D eigenvalue weighted by Gasteiger charge is -2.07. The van der Waals surface area contributed by atoms with Gasteiger partial charge in [-0.3, -0.25) is 4.79 Å². The van der Waals surface area contributed by atoms with Gasteiger partial charge in [-0.15, -0.1) is 0 Å². The lowest BCUT2D eigenvalue weighted by atomic mass is 10.1. The molecule has 124 valence electrons. The highest BCUT2D eigenvalue weighted by molar-refractivity contribution is 5.91. The molecule has 0 aliphatic carbocycles. The molecule has 0 saturated carbocycles. The van der Waals surface area contributed by atoms with Crippen molar-refractivity contribution in [3.63, 3.8) is 0 Å². The summed E-state index contributed by atoms with van der Waals surface area (Å²) >= 11 is 0. The fourth-order valence-electron chi connectivity index (χ4n) is 1.92. The molecule has 1 amide bonds. The van der Waals surface area contributed by atoms with Crippen molar-refractivity contribution >= 4 is 17.8 Å². The number of carbonyl (C=O) groups excluding carboxylic acids is 3. The monoisotopic (exact) mass is 327 g/mol. The van der Waals surface area contributed by atoms with Gasteiger partial charge in [0.2, 0.25) is 0 Å². The Labute approximate surface area is 139 Å². The zero-order chi connectivity index (χ0) is 17.4. The number of rotatable bonds is 6. The van der Waals surface area contributed by atoms with Crippen molar-refractivity contribution in [2.45, 2.75) is 6.54 Å². The standard InChI is InChI=1S/C18H17NO5/c1-23-17(21)15-9-7-13(8-10-15)11-19-16(20)12-24-18(22)14-5-3-2-4-6-14/h2-10H,11-12H2,1H3,(H,19,20). The third kappa shape index (κ3) is 4.95. The highest BCUT2D eigenvalue weighted by atomic mass is 16.5. The quantitative estimate of drug-likeness (QED) is 0.820. The Balaban J connectivity index is 1.77. The molecule has 0 atom stereocenters. The average molecular weight is 327 g/mol. The predicted molar refractivity (Wildman–Crippen MR) is 86.4 cm³/mol. The smallest absolute Gasteiger partial charge is 0.338 e. The number of hydrogen-bond donors (Lipinski definition) is 1. The maximum atomic E-state index is 11.7. The van der Waals surface area contributed by atoms with Crippen LogP contribution in [0.25, 0.3) is 0 Å². The van der Waals surface area contributed by atoms with E-state index < -0.39 is 17.8 Å². The maximum absolute atomic E-state index is 11.7. The van der Waals surface area contributed by atoms with Crippen LogP contribution in [0.3, 0.4) is 0 Å². The Morgan fingerprint density at radius 2 is 1.50 bits per heavy atom. The zero-order valence-corrected chi connectivity index (χ0v) is 13.2. The minimum atomic E-state index is -0.548. The van der Waals surface area contributed by atoms with Crippen LogP contribution in [0.1, 0.15) is 26.3 Å². The second-order valence-electron chi connectivity index (χ2n) is 4.91. The van der Waals surface area contributed by atoms with Crippen molar-refractivity contribution in [2.75, 3.05) is 13.7 Å². The predicted octanol–water partition coefficient (Wildman–Crippen LogP) is 1.95. The number of carbonyl (C=O) groups is 3. The molecule has 0 aliphatic rings. The molecule has 6 nitrogen and oxygen atoms in total. The van der Waals surface area contributed by atoms with E-state index in [0.717, 1.165) is 5.56 Å². The number of hydrogen-bond acceptors (Lipinski definition) is 5. The van der Waals surface area contributed by atoms with Crippen LogP contribution in [0.2, 0.25) is 0 Å². The van der Waals surface area contributed by atoms with Crippen LogP contribution >= 0.6 is 0 Å². The minimum absolute atomic E-state index is 0.267. The van der Waals surface area contributed by atoms with Crippen LogP contribution in [0.15, 0.2) is 54.6 Å². The summed E-state index contributed by atoms with van der Waals surface area (Å²) in [7, 11) is 1.31. The zero-order valence-electron chi connectivity index (χ0n) is 13.2. The fourth-order valence-corrected chi connectivity index (χ4v) is 1.92. The van der Waals surface area contributed by atoms with Crippen molar-refractivity contribution in [3.05, 3.63) is 71.3 Å². The van der Waals surface area contributed by atoms with Gasteiger partial charge >= 0.3 is 11.9 Å². The first-order valence-electron chi connectivity index (χ1n) is 7.26. The first-order chi connectivity index (χ1) is 11.6. The van der Waals surface area contributed by atoms with Crippen LogP contribution in [-0.4, -0.2) is 31.6 Å². The van der Waals surface area contributed by atoms with E-state index in [-0.39, 0.29) is 13.2 Å². The molecule has 0 bridgehead atoms. The summed E-state index contributed by atoms with van der Waals surface area (Å²) in [5.74, 6) is -1.37. The molecular formula is C18H17NO5. The molecule has 2 aromatic rings. The summed E-state index contributed by atoms with van der Waals surface area (Å²) in [5, 5.41) is 2.64. The van der Waals surface area contributed by atoms with Gasteiger partial charge in [-0.2, -0.15) is 0 Å². The topological polar surface area (TPSA) is 81.7 Å². The molecule has 0 fully saturated rings. The van der Waals surface area contributed by atoms with E-state index in [1.54, 1.807) is 54.6 Å². The molecule has 0 aliphatic heterocycles. The number of methoxy groups -OCH3 is 1. The Bertz CT molecular complexity index is 710. The molecule has 2 aromatic carbocycles. The second-order valence-corrected chi connectivity index (χ2v) is 4.91. The Hall–Kier alpha value is -3.15. The molecule has 1 N–H and O–H groups in total. The van der Waals surface area contributed by atoms with E-state index in [1.807, 2.05) is 0 Å². The van der Waals surface area contributed by atoms with Gasteiger partial charge < -0.3 is 14.8 Å². The van der Waals surface area contributed by atoms with E-state index in [0.29, 0.717) is 11.1 Å². The SMILES string of the molecule is COC(=O)c1ccc(CNC(=O)COC(=O)c2ccccc2)cc1. The van der Waals surface area contributed by atoms with Crippen LogP contribution < -0.4 is 5.32 Å². The molecule has 0 radical (unpaired) electrons. The summed E-state index contributed by atoms with van der Waals surface area (Å²) < 4.78 is 9.54. The molecule has 0 unspecified atom stereocenters. The van der Waals surface area contributed by atoms with Gasteiger partial charge in [0.05, 0.1) is 18.2 Å². The van der Waals surface area contributed by atoms with Crippen molar-refractivity contribution in [2.24, 2.45) is 0 Å². The summed E-state index contributed by atoms with van der Waals surface area (Å²) in [5.41, 5.74) is 1.64. The van der Waals surface area contributed by atoms with Crippen LogP contribution in [0, 0.1) is 0 Å². The third-order valence-electron chi connectivity index (χ3n) is 3.21. The van der Waals surface area contributed by atoms with E-state index in [1.165, 1.54) is 7.11 Å². The molecule has 6 heteroatoms. The van der Waals surface area contributed by atoms with Crippen LogP contribution in [0.4, 0.5) is 0 Å². The summed E-state index contributed by atoms with van der Waals surface area (Å²) in [4.78, 5) is 34.7. The van der Waals surface area contributed by atoms with E-state index >= 15 is 0 Å². The molecule has 2 rings (SSSR count). The van der Waals surface area contributed by atoms with Crippen LogP contribution in [0.5, 0.6) is 0 Å². The van der Waals surface area contributed by atoms with E-state index in [2.05, 4.69) is 10.1 Å². The molecule has 0 spiro atoms. The highest BCUT2D eigenvalue weighted by Gasteiger charge is 2.09. The van der Waals surface area contributed by atoms with Gasteiger partial charge in [-0.05, 0) is 29.8 Å². The van der Waals surface area contributed by atoms with Gasteiger partial charge in [-0.25, -0.2) is 9.59 Å². The van der Waals surface area contributed by atoms with Crippen molar-refractivity contribution in [1.82, 2.24) is 5.32 Å². The average Bonchev–Trinajstić information content (AvgIpc) is 2.64. The summed E-state index contributed by atoms with van der Waals surface area (Å²) in [6.07, 6.45) is 0. The first-order valence-corrected chi connectivity index (χ1v) is 7.26. The number of benzene rings is 2. The number of amides is 1.